The van der Waals surface area contributed by atoms with E-state index in [1.165, 1.54) is 0 Å². The van der Waals surface area contributed by atoms with Crippen LogP contribution in [0.3, 0.4) is 0 Å². The first-order chi connectivity index (χ1) is 6.50. The number of benzene rings is 1. The van der Waals surface area contributed by atoms with Crippen LogP contribution in [-0.4, -0.2) is 19.3 Å². The Balaban J connectivity index is 2.70. The minimum absolute atomic E-state index is 0.0254. The Kier molecular flexibility index (Phi) is 2.41. The van der Waals surface area contributed by atoms with E-state index in [1.807, 2.05) is 0 Å². The molecule has 5 heteroatoms. The molecule has 0 spiro atoms. The largest absolute Gasteiger partial charge is 0.388 e. The van der Waals surface area contributed by atoms with Crippen LogP contribution in [0.15, 0.2) is 27.6 Å². The normalized spacial score (nSPS) is 24.3. The number of sulfone groups is 1. The summed E-state index contributed by atoms with van der Waals surface area (Å²) < 4.78 is 24.0. The van der Waals surface area contributed by atoms with E-state index in [0.29, 0.717) is 10.0 Å². The summed E-state index contributed by atoms with van der Waals surface area (Å²) in [5.74, 6) is 0.0254. The number of aliphatic hydroxyl groups excluding tert-OH is 1. The maximum atomic E-state index is 11.6. The number of hydrogen-bond donors (Lipinski definition) is 1. The number of aliphatic hydroxyl groups is 1. The van der Waals surface area contributed by atoms with Crippen LogP contribution in [0.5, 0.6) is 0 Å². The lowest BCUT2D eigenvalue weighted by Crippen LogP contribution is -2.19. The lowest BCUT2D eigenvalue weighted by Gasteiger charge is -2.21. The van der Waals surface area contributed by atoms with E-state index < -0.39 is 15.9 Å². The van der Waals surface area contributed by atoms with Crippen molar-refractivity contribution in [3.05, 3.63) is 28.2 Å². The van der Waals surface area contributed by atoms with Crippen molar-refractivity contribution in [3.8, 4) is 0 Å². The van der Waals surface area contributed by atoms with Gasteiger partial charge in [-0.1, -0.05) is 22.0 Å². The van der Waals surface area contributed by atoms with Gasteiger partial charge in [-0.2, -0.15) is 0 Å². The maximum absolute atomic E-state index is 11.6. The van der Waals surface area contributed by atoms with Crippen molar-refractivity contribution >= 4 is 25.8 Å². The number of halogens is 1. The number of hydrogen-bond acceptors (Lipinski definition) is 3. The Bertz CT molecular complexity index is 467. The van der Waals surface area contributed by atoms with Gasteiger partial charge in [0.05, 0.1) is 16.8 Å². The van der Waals surface area contributed by atoms with Crippen LogP contribution in [0, 0.1) is 0 Å². The van der Waals surface area contributed by atoms with Crippen molar-refractivity contribution in [1.82, 2.24) is 0 Å². The fourth-order valence-corrected chi connectivity index (χ4v) is 3.72. The summed E-state index contributed by atoms with van der Waals surface area (Å²) in [6, 6.07) is 4.94. The molecule has 1 heterocycles. The molecule has 14 heavy (non-hydrogen) atoms. The summed E-state index contributed by atoms with van der Waals surface area (Å²) in [5, 5.41) is 9.60. The molecule has 1 N–H and O–H groups in total. The number of fused-ring (bicyclic) bond motifs is 1. The first-order valence-corrected chi connectivity index (χ1v) is 6.65. The Morgan fingerprint density at radius 3 is 2.86 bits per heavy atom. The quantitative estimate of drug-likeness (QED) is 0.784. The molecule has 0 bridgehead atoms. The van der Waals surface area contributed by atoms with E-state index in [9.17, 15) is 13.5 Å². The molecule has 0 radical (unpaired) electrons. The molecule has 1 aromatic rings. The second-order valence-corrected chi connectivity index (χ2v) is 6.30. The van der Waals surface area contributed by atoms with E-state index in [-0.39, 0.29) is 17.1 Å². The standard InChI is InChI=1S/C9H9BrO3S/c10-6-1-2-7-8(11)3-4-14(12,13)9(7)5-6/h1-2,5,8,11H,3-4H2. The molecule has 1 aliphatic rings. The molecule has 0 saturated carbocycles. The van der Waals surface area contributed by atoms with Crippen molar-refractivity contribution in [3.63, 3.8) is 0 Å². The van der Waals surface area contributed by atoms with Gasteiger partial charge in [-0.05, 0) is 24.1 Å². The van der Waals surface area contributed by atoms with Crippen molar-refractivity contribution < 1.29 is 13.5 Å². The summed E-state index contributed by atoms with van der Waals surface area (Å²) in [5.41, 5.74) is 0.513. The highest BCUT2D eigenvalue weighted by Gasteiger charge is 2.28. The molecule has 0 fully saturated rings. The first-order valence-electron chi connectivity index (χ1n) is 4.21. The van der Waals surface area contributed by atoms with Crippen LogP contribution >= 0.6 is 15.9 Å². The first kappa shape index (κ1) is 10.1. The zero-order valence-corrected chi connectivity index (χ0v) is 9.68. The predicted molar refractivity (Wildman–Crippen MR) is 55.8 cm³/mol. The van der Waals surface area contributed by atoms with Gasteiger partial charge in [0, 0.05) is 4.47 Å². The molecular formula is C9H9BrO3S. The van der Waals surface area contributed by atoms with Crippen LogP contribution in [-0.2, 0) is 9.84 Å². The lowest BCUT2D eigenvalue weighted by molar-refractivity contribution is 0.168. The van der Waals surface area contributed by atoms with Crippen molar-refractivity contribution in [2.75, 3.05) is 5.75 Å². The SMILES string of the molecule is O=S1(=O)CCC(O)c2ccc(Br)cc21. The summed E-state index contributed by atoms with van der Waals surface area (Å²) in [4.78, 5) is 0.255. The van der Waals surface area contributed by atoms with Gasteiger partial charge >= 0.3 is 0 Å². The van der Waals surface area contributed by atoms with E-state index in [1.54, 1.807) is 18.2 Å². The topological polar surface area (TPSA) is 54.4 Å². The van der Waals surface area contributed by atoms with Crippen molar-refractivity contribution in [2.45, 2.75) is 17.4 Å². The van der Waals surface area contributed by atoms with Gasteiger partial charge in [-0.3, -0.25) is 0 Å². The van der Waals surface area contributed by atoms with Crippen LogP contribution in [0.2, 0.25) is 0 Å². The highest BCUT2D eigenvalue weighted by Crippen LogP contribution is 2.33. The molecule has 0 aliphatic carbocycles. The molecule has 2 rings (SSSR count). The fraction of sp³-hybridized carbons (Fsp3) is 0.333. The average molecular weight is 277 g/mol. The third-order valence-electron chi connectivity index (χ3n) is 2.33. The monoisotopic (exact) mass is 276 g/mol. The summed E-state index contributed by atoms with van der Waals surface area (Å²) in [6.07, 6.45) is -0.363. The molecule has 1 aliphatic heterocycles. The minimum atomic E-state index is -3.19. The smallest absolute Gasteiger partial charge is 0.178 e. The van der Waals surface area contributed by atoms with Gasteiger partial charge in [0.2, 0.25) is 0 Å². The van der Waals surface area contributed by atoms with E-state index in [0.717, 1.165) is 0 Å². The van der Waals surface area contributed by atoms with Crippen LogP contribution in [0.4, 0.5) is 0 Å². The molecular weight excluding hydrogens is 268 g/mol. The molecule has 0 aromatic heterocycles. The van der Waals surface area contributed by atoms with Gasteiger partial charge in [-0.25, -0.2) is 8.42 Å². The molecule has 0 saturated heterocycles. The van der Waals surface area contributed by atoms with Crippen LogP contribution in [0.25, 0.3) is 0 Å². The molecule has 0 amide bonds. The van der Waals surface area contributed by atoms with Crippen LogP contribution < -0.4 is 0 Å². The van der Waals surface area contributed by atoms with Gasteiger partial charge < -0.3 is 5.11 Å². The Labute approximate surface area is 90.8 Å². The van der Waals surface area contributed by atoms with Crippen LogP contribution in [0.1, 0.15) is 18.1 Å². The summed E-state index contributed by atoms with van der Waals surface area (Å²) >= 11 is 3.22. The Morgan fingerprint density at radius 1 is 1.43 bits per heavy atom. The minimum Gasteiger partial charge on any atom is -0.388 e. The zero-order chi connectivity index (χ0) is 10.3. The van der Waals surface area contributed by atoms with E-state index in [4.69, 9.17) is 0 Å². The third kappa shape index (κ3) is 1.60. The maximum Gasteiger partial charge on any atom is 0.178 e. The Hall–Kier alpha value is -0.390. The molecule has 1 unspecified atom stereocenters. The van der Waals surface area contributed by atoms with E-state index >= 15 is 0 Å². The van der Waals surface area contributed by atoms with Gasteiger partial charge in [-0.15, -0.1) is 0 Å². The van der Waals surface area contributed by atoms with Gasteiger partial charge in [0.15, 0.2) is 9.84 Å². The predicted octanol–water partition coefficient (Wildman–Crippen LogP) is 1.66. The molecule has 1 aromatic carbocycles. The second-order valence-electron chi connectivity index (χ2n) is 3.31. The molecule has 76 valence electrons. The van der Waals surface area contributed by atoms with Crippen molar-refractivity contribution in [1.29, 1.82) is 0 Å². The molecule has 3 nitrogen and oxygen atoms in total. The second kappa shape index (κ2) is 3.32. The fourth-order valence-electron chi connectivity index (χ4n) is 1.59. The highest BCUT2D eigenvalue weighted by atomic mass is 79.9. The summed E-state index contributed by atoms with van der Waals surface area (Å²) in [7, 11) is -3.19. The summed E-state index contributed by atoms with van der Waals surface area (Å²) in [6.45, 7) is 0. The number of rotatable bonds is 0. The average Bonchev–Trinajstić information content (AvgIpc) is 2.12. The molecule has 1 atom stereocenters. The Morgan fingerprint density at radius 2 is 2.14 bits per heavy atom. The highest BCUT2D eigenvalue weighted by molar-refractivity contribution is 9.10. The lowest BCUT2D eigenvalue weighted by atomic mass is 10.1. The van der Waals surface area contributed by atoms with E-state index in [2.05, 4.69) is 15.9 Å². The van der Waals surface area contributed by atoms with Gasteiger partial charge in [0.25, 0.3) is 0 Å². The zero-order valence-electron chi connectivity index (χ0n) is 7.27. The van der Waals surface area contributed by atoms with Gasteiger partial charge in [0.1, 0.15) is 0 Å². The third-order valence-corrected chi connectivity index (χ3v) is 4.62. The van der Waals surface area contributed by atoms with Crippen molar-refractivity contribution in [2.24, 2.45) is 0 Å².